The molecule has 0 aromatic heterocycles. The molecule has 114 valence electrons. The molecule has 0 radical (unpaired) electrons. The summed E-state index contributed by atoms with van der Waals surface area (Å²) < 4.78 is 6.99. The first-order chi connectivity index (χ1) is 9.79. The van der Waals surface area contributed by atoms with E-state index in [-0.39, 0.29) is 5.78 Å². The van der Waals surface area contributed by atoms with Crippen LogP contribution in [0.2, 0.25) is 0 Å². The molecule has 0 saturated carbocycles. The van der Waals surface area contributed by atoms with Crippen LogP contribution in [0.1, 0.15) is 39.2 Å². The van der Waals surface area contributed by atoms with E-state index in [2.05, 4.69) is 15.9 Å². The first-order valence-corrected chi connectivity index (χ1v) is 7.90. The predicted molar refractivity (Wildman–Crippen MR) is 80.3 cm³/mol. The lowest BCUT2D eigenvalue weighted by Crippen LogP contribution is -2.57. The second-order valence-corrected chi connectivity index (χ2v) is 7.21. The lowest BCUT2D eigenvalue weighted by Gasteiger charge is -2.45. The van der Waals surface area contributed by atoms with Crippen molar-refractivity contribution in [1.29, 1.82) is 0 Å². The first-order valence-electron chi connectivity index (χ1n) is 7.11. The van der Waals surface area contributed by atoms with Gasteiger partial charge in [0.25, 0.3) is 0 Å². The molecule has 0 unspecified atom stereocenters. The average Bonchev–Trinajstić information content (AvgIpc) is 2.69. The van der Waals surface area contributed by atoms with Gasteiger partial charge in [-0.1, -0.05) is 28.1 Å². The van der Waals surface area contributed by atoms with Crippen LogP contribution in [-0.4, -0.2) is 17.4 Å². The van der Waals surface area contributed by atoms with E-state index in [1.807, 2.05) is 31.2 Å². The SMILES string of the molecule is CC(=O)[C@@]1(Cc2ccc(Br)cc2)CC[C@]2(C)OO[C@@]1(C)O2. The van der Waals surface area contributed by atoms with Gasteiger partial charge >= 0.3 is 0 Å². The molecule has 4 nitrogen and oxygen atoms in total. The van der Waals surface area contributed by atoms with Crippen molar-refractivity contribution in [3.8, 4) is 0 Å². The third-order valence-corrected chi connectivity index (χ3v) is 5.28. The zero-order valence-corrected chi connectivity index (χ0v) is 14.0. The fourth-order valence-electron chi connectivity index (χ4n) is 3.37. The Balaban J connectivity index is 1.97. The minimum atomic E-state index is -1.04. The molecule has 3 atom stereocenters. The van der Waals surface area contributed by atoms with Crippen molar-refractivity contribution in [3.05, 3.63) is 34.3 Å². The summed E-state index contributed by atoms with van der Waals surface area (Å²) in [6.07, 6.45) is 1.90. The predicted octanol–water partition coefficient (Wildman–Crippen LogP) is 3.77. The van der Waals surface area contributed by atoms with Crippen molar-refractivity contribution < 1.29 is 19.3 Å². The Kier molecular flexibility index (Phi) is 3.52. The maximum atomic E-state index is 12.5. The number of carbonyl (C=O) groups excluding carboxylic acids is 1. The smallest absolute Gasteiger partial charge is 0.214 e. The maximum absolute atomic E-state index is 12.5. The molecule has 0 amide bonds. The largest absolute Gasteiger partial charge is 0.312 e. The fraction of sp³-hybridized carbons (Fsp3) is 0.562. The number of Topliss-reactive ketones (excluding diaryl/α,β-unsaturated/α-hetero) is 1. The quantitative estimate of drug-likeness (QED) is 0.775. The van der Waals surface area contributed by atoms with Gasteiger partial charge in [0.2, 0.25) is 11.6 Å². The molecule has 0 N–H and O–H groups in total. The van der Waals surface area contributed by atoms with Gasteiger partial charge in [0, 0.05) is 10.9 Å². The molecular formula is C16H19BrO4. The highest BCUT2D eigenvalue weighted by molar-refractivity contribution is 9.10. The van der Waals surface area contributed by atoms with Gasteiger partial charge in [0.1, 0.15) is 5.78 Å². The Morgan fingerprint density at radius 2 is 1.86 bits per heavy atom. The molecule has 1 aromatic carbocycles. The number of halogens is 1. The lowest BCUT2D eigenvalue weighted by atomic mass is 9.67. The number of hydrogen-bond donors (Lipinski definition) is 0. The van der Waals surface area contributed by atoms with Gasteiger partial charge in [0.15, 0.2) is 0 Å². The Labute approximate surface area is 132 Å². The van der Waals surface area contributed by atoms with E-state index >= 15 is 0 Å². The van der Waals surface area contributed by atoms with Gasteiger partial charge in [-0.25, -0.2) is 0 Å². The van der Waals surface area contributed by atoms with Gasteiger partial charge in [-0.05, 0) is 51.3 Å². The summed E-state index contributed by atoms with van der Waals surface area (Å²) in [5.41, 5.74) is 0.356. The highest BCUT2D eigenvalue weighted by Gasteiger charge is 2.66. The van der Waals surface area contributed by atoms with Crippen molar-refractivity contribution in [1.82, 2.24) is 0 Å². The number of hydrogen-bond acceptors (Lipinski definition) is 4. The summed E-state index contributed by atoms with van der Waals surface area (Å²) in [6, 6.07) is 7.99. The summed E-state index contributed by atoms with van der Waals surface area (Å²) in [4.78, 5) is 23.3. The number of benzene rings is 1. The molecule has 2 bridgehead atoms. The van der Waals surface area contributed by atoms with Crippen molar-refractivity contribution in [2.45, 2.75) is 51.6 Å². The highest BCUT2D eigenvalue weighted by Crippen LogP contribution is 2.55. The van der Waals surface area contributed by atoms with Gasteiger partial charge in [-0.15, -0.1) is 0 Å². The Morgan fingerprint density at radius 3 is 2.48 bits per heavy atom. The molecule has 21 heavy (non-hydrogen) atoms. The molecule has 5 heteroatoms. The normalized spacial score (nSPS) is 38.5. The van der Waals surface area contributed by atoms with Crippen molar-refractivity contribution in [2.24, 2.45) is 5.41 Å². The zero-order valence-electron chi connectivity index (χ0n) is 12.4. The maximum Gasteiger partial charge on any atom is 0.214 e. The molecule has 3 rings (SSSR count). The van der Waals surface area contributed by atoms with Crippen molar-refractivity contribution >= 4 is 21.7 Å². The van der Waals surface area contributed by atoms with Crippen LogP contribution in [0, 0.1) is 5.41 Å². The second-order valence-electron chi connectivity index (χ2n) is 6.29. The molecule has 1 aromatic rings. The summed E-state index contributed by atoms with van der Waals surface area (Å²) in [6.45, 7) is 5.26. The third-order valence-electron chi connectivity index (χ3n) is 4.76. The molecule has 2 saturated heterocycles. The van der Waals surface area contributed by atoms with E-state index in [0.717, 1.165) is 10.0 Å². The second kappa shape index (κ2) is 4.88. The number of fused-ring (bicyclic) bond motifs is 2. The first kappa shape index (κ1) is 15.2. The average molecular weight is 355 g/mol. The summed E-state index contributed by atoms with van der Waals surface area (Å²) in [5.74, 6) is -1.72. The van der Waals surface area contributed by atoms with E-state index in [4.69, 9.17) is 14.5 Å². The lowest BCUT2D eigenvalue weighted by molar-refractivity contribution is -0.350. The minimum Gasteiger partial charge on any atom is -0.312 e. The van der Waals surface area contributed by atoms with Crippen molar-refractivity contribution in [2.75, 3.05) is 0 Å². The van der Waals surface area contributed by atoms with E-state index in [9.17, 15) is 4.79 Å². The van der Waals surface area contributed by atoms with Gasteiger partial charge in [0.05, 0.1) is 5.41 Å². The monoisotopic (exact) mass is 354 g/mol. The Bertz CT molecular complexity index is 572. The van der Waals surface area contributed by atoms with Crippen LogP contribution in [0.25, 0.3) is 0 Å². The highest BCUT2D eigenvalue weighted by atomic mass is 79.9. The Hall–Kier alpha value is -0.750. The molecule has 2 aliphatic heterocycles. The number of carbonyl (C=O) groups is 1. The minimum absolute atomic E-state index is 0.0699. The van der Waals surface area contributed by atoms with Gasteiger partial charge in [-0.2, -0.15) is 9.78 Å². The van der Waals surface area contributed by atoms with Crippen LogP contribution in [0.5, 0.6) is 0 Å². The molecular weight excluding hydrogens is 336 g/mol. The van der Waals surface area contributed by atoms with Crippen LogP contribution >= 0.6 is 15.9 Å². The molecule has 0 spiro atoms. The van der Waals surface area contributed by atoms with Crippen LogP contribution in [0.3, 0.4) is 0 Å². The van der Waals surface area contributed by atoms with Crippen molar-refractivity contribution in [3.63, 3.8) is 0 Å². The van der Waals surface area contributed by atoms with Crippen LogP contribution < -0.4 is 0 Å². The van der Waals surface area contributed by atoms with Gasteiger partial charge < -0.3 is 4.74 Å². The third kappa shape index (κ3) is 2.36. The van der Waals surface area contributed by atoms with Crippen LogP contribution in [0.15, 0.2) is 28.7 Å². The standard InChI is InChI=1S/C16H19BrO4/c1-11(18)16(10-12-4-6-13(17)7-5-12)9-8-14(2)19-15(16,3)21-20-14/h4-7H,8-10H2,1-3H3/t14-,15+,16-/m0/s1. The van der Waals surface area contributed by atoms with E-state index in [1.165, 1.54) is 0 Å². The topological polar surface area (TPSA) is 44.8 Å². The van der Waals surface area contributed by atoms with Crippen LogP contribution in [-0.2, 0) is 25.7 Å². The van der Waals surface area contributed by atoms with E-state index in [0.29, 0.717) is 19.3 Å². The summed E-state index contributed by atoms with van der Waals surface area (Å²) in [7, 11) is 0. The number of ketones is 1. The summed E-state index contributed by atoms with van der Waals surface area (Å²) >= 11 is 3.43. The molecule has 0 aliphatic carbocycles. The number of rotatable bonds is 3. The zero-order chi connectivity index (χ0) is 15.3. The van der Waals surface area contributed by atoms with Gasteiger partial charge in [-0.3, -0.25) is 4.79 Å². The fourth-order valence-corrected chi connectivity index (χ4v) is 3.64. The molecule has 2 aliphatic rings. The molecule has 2 fully saturated rings. The van der Waals surface area contributed by atoms with E-state index < -0.39 is 17.0 Å². The van der Waals surface area contributed by atoms with E-state index in [1.54, 1.807) is 13.8 Å². The van der Waals surface area contributed by atoms with Crippen LogP contribution in [0.4, 0.5) is 0 Å². The molecule has 2 heterocycles. The summed E-state index contributed by atoms with van der Waals surface area (Å²) in [5, 5.41) is 0. The number of ether oxygens (including phenoxy) is 1. The Morgan fingerprint density at radius 1 is 1.19 bits per heavy atom.